The number of tetrazole rings is 1. The van der Waals surface area contributed by atoms with Gasteiger partial charge in [0.1, 0.15) is 13.2 Å². The van der Waals surface area contributed by atoms with Crippen LogP contribution in [0.25, 0.3) is 0 Å². The first-order valence-corrected chi connectivity index (χ1v) is 6.60. The number of aryl methyl sites for hydroxylation is 2. The Kier molecular flexibility index (Phi) is 3.50. The van der Waals surface area contributed by atoms with Gasteiger partial charge in [0.2, 0.25) is 0 Å². The second-order valence-corrected chi connectivity index (χ2v) is 4.45. The predicted octanol–water partition coefficient (Wildman–Crippen LogP) is 1.43. The summed E-state index contributed by atoms with van der Waals surface area (Å²) < 4.78 is 12.8. The highest BCUT2D eigenvalue weighted by Crippen LogP contribution is 2.30. The molecule has 100 valence electrons. The van der Waals surface area contributed by atoms with Gasteiger partial charge < -0.3 is 9.47 Å². The molecule has 7 heteroatoms. The van der Waals surface area contributed by atoms with Crippen molar-refractivity contribution in [3.05, 3.63) is 29.6 Å². The van der Waals surface area contributed by atoms with Crippen molar-refractivity contribution in [1.29, 1.82) is 0 Å². The van der Waals surface area contributed by atoms with Crippen LogP contribution in [0.4, 0.5) is 0 Å². The standard InChI is InChI=1S/C12H13ClN4O2/c13-8-12-14-15-16-17(12)4-3-9-1-2-10-11(7-9)19-6-5-18-10/h1-2,7H,3-6,8H2. The summed E-state index contributed by atoms with van der Waals surface area (Å²) in [6, 6.07) is 5.96. The lowest BCUT2D eigenvalue weighted by Crippen LogP contribution is -2.15. The van der Waals surface area contributed by atoms with Crippen LogP contribution >= 0.6 is 11.6 Å². The maximum atomic E-state index is 5.75. The third-order valence-electron chi connectivity index (χ3n) is 2.94. The molecule has 1 aliphatic heterocycles. The van der Waals surface area contributed by atoms with Crippen molar-refractivity contribution in [2.45, 2.75) is 18.8 Å². The number of hydrogen-bond donors (Lipinski definition) is 0. The molecule has 0 saturated heterocycles. The number of nitrogens with zero attached hydrogens (tertiary/aromatic N) is 4. The maximum Gasteiger partial charge on any atom is 0.166 e. The number of ether oxygens (including phenoxy) is 2. The van der Waals surface area contributed by atoms with E-state index in [-0.39, 0.29) is 0 Å². The molecule has 3 rings (SSSR count). The topological polar surface area (TPSA) is 62.1 Å². The third kappa shape index (κ3) is 2.63. The van der Waals surface area contributed by atoms with Gasteiger partial charge in [-0.3, -0.25) is 0 Å². The highest BCUT2D eigenvalue weighted by Gasteiger charge is 2.12. The minimum Gasteiger partial charge on any atom is -0.486 e. The Labute approximate surface area is 115 Å². The van der Waals surface area contributed by atoms with Gasteiger partial charge in [-0.05, 0) is 34.5 Å². The fourth-order valence-corrected chi connectivity index (χ4v) is 2.16. The van der Waals surface area contributed by atoms with E-state index in [1.807, 2.05) is 18.2 Å². The average molecular weight is 281 g/mol. The van der Waals surface area contributed by atoms with Crippen molar-refractivity contribution in [3.8, 4) is 11.5 Å². The molecule has 0 fully saturated rings. The minimum absolute atomic E-state index is 0.314. The smallest absolute Gasteiger partial charge is 0.166 e. The third-order valence-corrected chi connectivity index (χ3v) is 3.18. The van der Waals surface area contributed by atoms with Gasteiger partial charge in [-0.1, -0.05) is 6.07 Å². The average Bonchev–Trinajstić information content (AvgIpc) is 2.92. The van der Waals surface area contributed by atoms with Gasteiger partial charge in [-0.15, -0.1) is 16.7 Å². The lowest BCUT2D eigenvalue weighted by atomic mass is 10.1. The quantitative estimate of drug-likeness (QED) is 0.793. The molecule has 1 aliphatic rings. The number of rotatable bonds is 4. The molecule has 1 aromatic heterocycles. The van der Waals surface area contributed by atoms with Crippen LogP contribution in [0, 0.1) is 0 Å². The van der Waals surface area contributed by atoms with E-state index in [1.165, 1.54) is 0 Å². The highest BCUT2D eigenvalue weighted by atomic mass is 35.5. The summed E-state index contributed by atoms with van der Waals surface area (Å²) in [6.07, 6.45) is 0.811. The van der Waals surface area contributed by atoms with E-state index in [9.17, 15) is 0 Å². The summed E-state index contributed by atoms with van der Waals surface area (Å²) in [5.74, 6) is 2.60. The summed E-state index contributed by atoms with van der Waals surface area (Å²) >= 11 is 5.75. The Hall–Kier alpha value is -1.82. The molecule has 0 amide bonds. The molecule has 1 aromatic carbocycles. The summed E-state index contributed by atoms with van der Waals surface area (Å²) in [5, 5.41) is 11.4. The number of fused-ring (bicyclic) bond motifs is 1. The van der Waals surface area contributed by atoms with E-state index in [0.29, 0.717) is 31.5 Å². The van der Waals surface area contributed by atoms with E-state index in [0.717, 1.165) is 23.5 Å². The molecule has 0 saturated carbocycles. The zero-order valence-electron chi connectivity index (χ0n) is 10.3. The van der Waals surface area contributed by atoms with Crippen molar-refractivity contribution in [2.75, 3.05) is 13.2 Å². The first-order valence-electron chi connectivity index (χ1n) is 6.06. The second kappa shape index (κ2) is 5.44. The lowest BCUT2D eigenvalue weighted by molar-refractivity contribution is 0.171. The number of halogens is 1. The summed E-state index contributed by atoms with van der Waals surface area (Å²) in [5.41, 5.74) is 1.15. The van der Waals surface area contributed by atoms with Crippen LogP contribution in [-0.2, 0) is 18.8 Å². The number of hydrogen-bond acceptors (Lipinski definition) is 5. The van der Waals surface area contributed by atoms with E-state index >= 15 is 0 Å². The molecule has 0 N–H and O–H groups in total. The lowest BCUT2D eigenvalue weighted by Gasteiger charge is -2.18. The predicted molar refractivity (Wildman–Crippen MR) is 68.5 cm³/mol. The van der Waals surface area contributed by atoms with Crippen LogP contribution in [0.15, 0.2) is 18.2 Å². The molecule has 0 spiro atoms. The molecule has 0 radical (unpaired) electrons. The number of benzene rings is 1. The summed E-state index contributed by atoms with van der Waals surface area (Å²) in [6.45, 7) is 1.89. The monoisotopic (exact) mass is 280 g/mol. The van der Waals surface area contributed by atoms with Crippen molar-refractivity contribution >= 4 is 11.6 Å². The largest absolute Gasteiger partial charge is 0.486 e. The Morgan fingerprint density at radius 2 is 2.05 bits per heavy atom. The zero-order valence-corrected chi connectivity index (χ0v) is 11.0. The van der Waals surface area contributed by atoms with E-state index in [1.54, 1.807) is 4.68 Å². The Morgan fingerprint density at radius 1 is 1.21 bits per heavy atom. The Balaban J connectivity index is 1.70. The maximum absolute atomic E-state index is 5.75. The highest BCUT2D eigenvalue weighted by molar-refractivity contribution is 6.16. The first kappa shape index (κ1) is 12.2. The molecular formula is C12H13ClN4O2. The van der Waals surface area contributed by atoms with Crippen LogP contribution in [0.2, 0.25) is 0 Å². The van der Waals surface area contributed by atoms with E-state index in [4.69, 9.17) is 21.1 Å². The van der Waals surface area contributed by atoms with Gasteiger partial charge in [0, 0.05) is 6.54 Å². The van der Waals surface area contributed by atoms with Crippen LogP contribution in [-0.4, -0.2) is 33.4 Å². The molecule has 6 nitrogen and oxygen atoms in total. The van der Waals surface area contributed by atoms with Crippen LogP contribution in [0.3, 0.4) is 0 Å². The molecule has 0 unspecified atom stereocenters. The fraction of sp³-hybridized carbons (Fsp3) is 0.417. The second-order valence-electron chi connectivity index (χ2n) is 4.18. The van der Waals surface area contributed by atoms with Gasteiger partial charge in [-0.25, -0.2) is 4.68 Å². The van der Waals surface area contributed by atoms with Crippen LogP contribution in [0.1, 0.15) is 11.4 Å². The summed E-state index contributed by atoms with van der Waals surface area (Å²) in [7, 11) is 0. The fourth-order valence-electron chi connectivity index (χ4n) is 1.97. The SMILES string of the molecule is ClCc1nnnn1CCc1ccc2c(c1)OCCO2. The number of alkyl halides is 1. The summed E-state index contributed by atoms with van der Waals surface area (Å²) in [4.78, 5) is 0. The van der Waals surface area contributed by atoms with Crippen molar-refractivity contribution in [3.63, 3.8) is 0 Å². The van der Waals surface area contributed by atoms with Crippen LogP contribution in [0.5, 0.6) is 11.5 Å². The van der Waals surface area contributed by atoms with Gasteiger partial charge in [0.15, 0.2) is 17.3 Å². The van der Waals surface area contributed by atoms with Crippen molar-refractivity contribution < 1.29 is 9.47 Å². The van der Waals surface area contributed by atoms with Crippen LogP contribution < -0.4 is 9.47 Å². The molecular weight excluding hydrogens is 268 g/mol. The van der Waals surface area contributed by atoms with Gasteiger partial charge in [0.05, 0.1) is 5.88 Å². The first-order chi connectivity index (χ1) is 9.36. The molecule has 0 bridgehead atoms. The number of aromatic nitrogens is 4. The minimum atomic E-state index is 0.314. The normalized spacial score (nSPS) is 13.5. The molecule has 19 heavy (non-hydrogen) atoms. The van der Waals surface area contributed by atoms with Crippen molar-refractivity contribution in [2.24, 2.45) is 0 Å². The van der Waals surface area contributed by atoms with Crippen molar-refractivity contribution in [1.82, 2.24) is 20.2 Å². The Bertz CT molecular complexity index is 573. The molecule has 0 atom stereocenters. The van der Waals surface area contributed by atoms with Gasteiger partial charge in [0.25, 0.3) is 0 Å². The molecule has 2 heterocycles. The van der Waals surface area contributed by atoms with Gasteiger partial charge >= 0.3 is 0 Å². The van der Waals surface area contributed by atoms with E-state index < -0.39 is 0 Å². The Morgan fingerprint density at radius 3 is 2.89 bits per heavy atom. The zero-order chi connectivity index (χ0) is 13.1. The molecule has 2 aromatic rings. The van der Waals surface area contributed by atoms with E-state index in [2.05, 4.69) is 15.5 Å². The van der Waals surface area contributed by atoms with Gasteiger partial charge in [-0.2, -0.15) is 0 Å². The molecule has 0 aliphatic carbocycles.